The Labute approximate surface area is 80.4 Å². The highest BCUT2D eigenvalue weighted by Crippen LogP contribution is 2.23. The molecule has 1 N–H and O–H groups in total. The molecule has 3 heteroatoms. The molecule has 0 aromatic heterocycles. The quantitative estimate of drug-likeness (QED) is 0.715. The summed E-state index contributed by atoms with van der Waals surface area (Å²) in [6, 6.07) is 0.472. The van der Waals surface area contributed by atoms with Crippen molar-refractivity contribution in [3.63, 3.8) is 0 Å². The Morgan fingerprint density at radius 3 is 2.33 bits per heavy atom. The topological polar surface area (TPSA) is 21.3 Å². The summed E-state index contributed by atoms with van der Waals surface area (Å²) < 4.78 is 5.43. The largest absolute Gasteiger partial charge is 0.383 e. The summed E-state index contributed by atoms with van der Waals surface area (Å²) >= 11 is 1.96. The number of likely N-dealkylation sites (N-methyl/N-ethyl adjacent to an activating group) is 1. The van der Waals surface area contributed by atoms with E-state index in [1.807, 2.05) is 18.8 Å². The van der Waals surface area contributed by atoms with Crippen molar-refractivity contribution in [2.24, 2.45) is 0 Å². The Morgan fingerprint density at radius 2 is 2.00 bits per heavy atom. The molecular weight excluding hydrogens is 170 g/mol. The standard InChI is InChI=1S/C9H21NOS/c1-9(2,3)12-7-8(10-4)6-11-5/h8,10H,6-7H2,1-5H3. The van der Waals surface area contributed by atoms with Gasteiger partial charge in [0.15, 0.2) is 0 Å². The Bertz CT molecular complexity index is 112. The molecule has 0 amide bonds. The lowest BCUT2D eigenvalue weighted by Gasteiger charge is -2.22. The highest BCUT2D eigenvalue weighted by Gasteiger charge is 2.14. The van der Waals surface area contributed by atoms with Crippen molar-refractivity contribution in [3.8, 4) is 0 Å². The predicted octanol–water partition coefficient (Wildman–Crippen LogP) is 1.75. The fourth-order valence-corrected chi connectivity index (χ4v) is 1.73. The molecule has 0 rings (SSSR count). The van der Waals surface area contributed by atoms with Gasteiger partial charge in [0.05, 0.1) is 6.61 Å². The Hall–Kier alpha value is 0.270. The normalized spacial score (nSPS) is 14.8. The van der Waals surface area contributed by atoms with Crippen LogP contribution in [0.2, 0.25) is 0 Å². The van der Waals surface area contributed by atoms with Crippen LogP contribution in [0.4, 0.5) is 0 Å². The van der Waals surface area contributed by atoms with Gasteiger partial charge in [0, 0.05) is 23.7 Å². The lowest BCUT2D eigenvalue weighted by Crippen LogP contribution is -2.33. The molecule has 0 saturated carbocycles. The van der Waals surface area contributed by atoms with Crippen LogP contribution in [0.15, 0.2) is 0 Å². The molecule has 0 heterocycles. The van der Waals surface area contributed by atoms with Crippen molar-refractivity contribution < 1.29 is 4.74 Å². The molecule has 0 bridgehead atoms. The molecule has 0 radical (unpaired) electrons. The van der Waals surface area contributed by atoms with Crippen LogP contribution in [0.25, 0.3) is 0 Å². The third-order valence-electron chi connectivity index (χ3n) is 1.49. The summed E-state index contributed by atoms with van der Waals surface area (Å²) in [7, 11) is 3.72. The van der Waals surface area contributed by atoms with Gasteiger partial charge < -0.3 is 10.1 Å². The molecule has 1 unspecified atom stereocenters. The molecule has 0 aliphatic carbocycles. The van der Waals surface area contributed by atoms with Crippen LogP contribution in [0.3, 0.4) is 0 Å². The third-order valence-corrected chi connectivity index (χ3v) is 2.93. The second-order valence-corrected chi connectivity index (χ2v) is 5.71. The molecule has 0 aliphatic rings. The van der Waals surface area contributed by atoms with E-state index < -0.39 is 0 Å². The number of thioether (sulfide) groups is 1. The van der Waals surface area contributed by atoms with Gasteiger partial charge in [-0.1, -0.05) is 20.8 Å². The Balaban J connectivity index is 3.58. The van der Waals surface area contributed by atoms with E-state index >= 15 is 0 Å². The fourth-order valence-electron chi connectivity index (χ4n) is 0.767. The van der Waals surface area contributed by atoms with Gasteiger partial charge in [0.2, 0.25) is 0 Å². The van der Waals surface area contributed by atoms with Gasteiger partial charge in [-0.05, 0) is 7.05 Å². The van der Waals surface area contributed by atoms with E-state index in [-0.39, 0.29) is 0 Å². The molecule has 0 fully saturated rings. The second kappa shape index (κ2) is 5.84. The number of methoxy groups -OCH3 is 1. The second-order valence-electron chi connectivity index (χ2n) is 3.86. The van der Waals surface area contributed by atoms with E-state index in [1.54, 1.807) is 7.11 Å². The zero-order valence-corrected chi connectivity index (χ0v) is 9.62. The van der Waals surface area contributed by atoms with Crippen LogP contribution in [0, 0.1) is 0 Å². The minimum absolute atomic E-state index is 0.350. The van der Waals surface area contributed by atoms with Crippen LogP contribution in [-0.4, -0.2) is 37.3 Å². The number of rotatable bonds is 5. The lowest BCUT2D eigenvalue weighted by atomic mass is 10.3. The summed E-state index contributed by atoms with van der Waals surface area (Å²) in [5.74, 6) is 1.10. The van der Waals surface area contributed by atoms with Crippen molar-refractivity contribution >= 4 is 11.8 Å². The fraction of sp³-hybridized carbons (Fsp3) is 1.00. The minimum atomic E-state index is 0.350. The molecule has 74 valence electrons. The number of ether oxygens (including phenoxy) is 1. The first-order valence-corrected chi connectivity index (χ1v) is 5.28. The highest BCUT2D eigenvalue weighted by atomic mass is 32.2. The van der Waals surface area contributed by atoms with Gasteiger partial charge in [0.25, 0.3) is 0 Å². The summed E-state index contributed by atoms with van der Waals surface area (Å²) in [4.78, 5) is 0. The van der Waals surface area contributed by atoms with Crippen LogP contribution in [0.1, 0.15) is 20.8 Å². The number of hydrogen-bond acceptors (Lipinski definition) is 3. The third kappa shape index (κ3) is 6.95. The van der Waals surface area contributed by atoms with Crippen molar-refractivity contribution in [1.82, 2.24) is 5.32 Å². The average Bonchev–Trinajstić information content (AvgIpc) is 1.96. The molecule has 0 aromatic carbocycles. The summed E-state index contributed by atoms with van der Waals surface area (Å²) in [6.07, 6.45) is 0. The first kappa shape index (κ1) is 12.3. The maximum atomic E-state index is 5.08. The van der Waals surface area contributed by atoms with Gasteiger partial charge in [0.1, 0.15) is 0 Å². The molecule has 12 heavy (non-hydrogen) atoms. The predicted molar refractivity (Wildman–Crippen MR) is 56.9 cm³/mol. The van der Waals surface area contributed by atoms with Crippen molar-refractivity contribution in [2.45, 2.75) is 31.6 Å². The smallest absolute Gasteiger partial charge is 0.0623 e. The minimum Gasteiger partial charge on any atom is -0.383 e. The molecule has 1 atom stereocenters. The van der Waals surface area contributed by atoms with Crippen molar-refractivity contribution in [1.29, 1.82) is 0 Å². The van der Waals surface area contributed by atoms with Crippen LogP contribution >= 0.6 is 11.8 Å². The molecule has 0 saturated heterocycles. The summed E-state index contributed by atoms with van der Waals surface area (Å²) in [6.45, 7) is 7.49. The van der Waals surface area contributed by atoms with Gasteiger partial charge in [-0.2, -0.15) is 11.8 Å². The summed E-state index contributed by atoms with van der Waals surface area (Å²) in [5, 5.41) is 3.23. The van der Waals surface area contributed by atoms with Crippen LogP contribution < -0.4 is 5.32 Å². The SMILES string of the molecule is CNC(COC)CSC(C)(C)C. The van der Waals surface area contributed by atoms with Crippen molar-refractivity contribution in [3.05, 3.63) is 0 Å². The van der Waals surface area contributed by atoms with Gasteiger partial charge in [-0.3, -0.25) is 0 Å². The maximum Gasteiger partial charge on any atom is 0.0623 e. The van der Waals surface area contributed by atoms with Gasteiger partial charge >= 0.3 is 0 Å². The van der Waals surface area contributed by atoms with E-state index in [2.05, 4.69) is 26.1 Å². The molecule has 2 nitrogen and oxygen atoms in total. The summed E-state index contributed by atoms with van der Waals surface area (Å²) in [5.41, 5.74) is 0. The maximum absolute atomic E-state index is 5.08. The molecule has 0 spiro atoms. The molecule has 0 aromatic rings. The monoisotopic (exact) mass is 191 g/mol. The zero-order valence-electron chi connectivity index (χ0n) is 8.81. The van der Waals surface area contributed by atoms with E-state index in [9.17, 15) is 0 Å². The van der Waals surface area contributed by atoms with Crippen LogP contribution in [-0.2, 0) is 4.74 Å². The van der Waals surface area contributed by atoms with E-state index in [4.69, 9.17) is 4.74 Å². The average molecular weight is 191 g/mol. The van der Waals surface area contributed by atoms with E-state index in [0.29, 0.717) is 10.8 Å². The van der Waals surface area contributed by atoms with Crippen molar-refractivity contribution in [2.75, 3.05) is 26.5 Å². The Morgan fingerprint density at radius 1 is 1.42 bits per heavy atom. The Kier molecular flexibility index (Phi) is 5.97. The molecule has 0 aliphatic heterocycles. The van der Waals surface area contributed by atoms with Gasteiger partial charge in [-0.15, -0.1) is 0 Å². The number of nitrogens with one attached hydrogen (secondary N) is 1. The first-order valence-electron chi connectivity index (χ1n) is 4.29. The molecular formula is C9H21NOS. The van der Waals surface area contributed by atoms with E-state index in [1.165, 1.54) is 0 Å². The zero-order chi connectivity index (χ0) is 9.61. The highest BCUT2D eigenvalue weighted by molar-refractivity contribution is 8.00. The van der Waals surface area contributed by atoms with Crippen LogP contribution in [0.5, 0.6) is 0 Å². The van der Waals surface area contributed by atoms with Gasteiger partial charge in [-0.25, -0.2) is 0 Å². The first-order chi connectivity index (χ1) is 5.49. The lowest BCUT2D eigenvalue weighted by molar-refractivity contribution is 0.177. The number of hydrogen-bond donors (Lipinski definition) is 1. The van der Waals surface area contributed by atoms with E-state index in [0.717, 1.165) is 12.4 Å².